The van der Waals surface area contributed by atoms with Crippen LogP contribution in [0, 0.1) is 6.92 Å². The van der Waals surface area contributed by atoms with Gasteiger partial charge in [-0.2, -0.15) is 0 Å². The first-order valence-corrected chi connectivity index (χ1v) is 3.11. The second kappa shape index (κ2) is 6.87. The van der Waals surface area contributed by atoms with Crippen molar-refractivity contribution in [2.75, 3.05) is 0 Å². The van der Waals surface area contributed by atoms with E-state index in [0.29, 0.717) is 5.56 Å². The van der Waals surface area contributed by atoms with Crippen LogP contribution in [0.5, 0.6) is 5.75 Å². The van der Waals surface area contributed by atoms with E-state index in [-0.39, 0.29) is 64.7 Å². The molecular weight excluding hydrogens is 190 g/mol. The van der Waals surface area contributed by atoms with Crippen LogP contribution in [0.25, 0.3) is 0 Å². The number of aryl methyl sites for hydroxylation is 1. The average Bonchev–Trinajstić information content (AvgIpc) is 1.94. The Bertz CT molecular complexity index is 299. The summed E-state index contributed by atoms with van der Waals surface area (Å²) in [5, 5.41) is 21.3. The van der Waals surface area contributed by atoms with Gasteiger partial charge in [0, 0.05) is 0 Å². The number of hydrogen-bond acceptors (Lipinski definition) is 3. The predicted molar refractivity (Wildman–Crippen MR) is 35.0 cm³/mol. The van der Waals surface area contributed by atoms with Gasteiger partial charge in [-0.05, 0) is 12.5 Å². The molecule has 0 atom stereocenters. The van der Waals surface area contributed by atoms with Gasteiger partial charge < -0.3 is 15.0 Å². The van der Waals surface area contributed by atoms with E-state index in [2.05, 4.69) is 0 Å². The summed E-state index contributed by atoms with van der Waals surface area (Å²) < 4.78 is 0. The minimum atomic E-state index is -1.42. The van der Waals surface area contributed by atoms with Crippen molar-refractivity contribution in [1.82, 2.24) is 0 Å². The van der Waals surface area contributed by atoms with Crippen molar-refractivity contribution in [3.8, 4) is 5.75 Å². The molecule has 0 saturated carbocycles. The van der Waals surface area contributed by atoms with Crippen LogP contribution in [0.3, 0.4) is 0 Å². The summed E-state index contributed by atoms with van der Waals surface area (Å²) >= 11 is 0. The number of rotatable bonds is 1. The fourth-order valence-electron chi connectivity index (χ4n) is 0.813. The van der Waals surface area contributed by atoms with Crippen LogP contribution >= 0.6 is 0 Å². The molecule has 58 valence electrons. The molecule has 1 rings (SSSR count). The standard InChI is InChI=1S/C8H8O3.2Na/c1-5-3-2-4-6(7(5)9)8(10)11;;/h2-4,9H,1H3,(H,10,11);;/q;2*+1/p-2. The molecule has 0 radical (unpaired) electrons. The molecule has 0 N–H and O–H groups in total. The first kappa shape index (κ1) is 15.9. The van der Waals surface area contributed by atoms with Crippen molar-refractivity contribution < 1.29 is 74.1 Å². The van der Waals surface area contributed by atoms with Gasteiger partial charge in [-0.25, -0.2) is 0 Å². The zero-order valence-corrected chi connectivity index (χ0v) is 12.0. The molecule has 0 heterocycles. The van der Waals surface area contributed by atoms with E-state index >= 15 is 0 Å². The summed E-state index contributed by atoms with van der Waals surface area (Å²) in [6.07, 6.45) is 0. The molecule has 1 aromatic carbocycles. The molecule has 0 spiro atoms. The monoisotopic (exact) mass is 196 g/mol. The molecule has 5 heteroatoms. The van der Waals surface area contributed by atoms with Crippen molar-refractivity contribution >= 4 is 5.97 Å². The number of carboxylic acids is 1. The Balaban J connectivity index is 0. The van der Waals surface area contributed by atoms with Gasteiger partial charge in [0.05, 0.1) is 5.97 Å². The third-order valence-corrected chi connectivity index (χ3v) is 1.43. The summed E-state index contributed by atoms with van der Waals surface area (Å²) in [5.74, 6) is -1.88. The van der Waals surface area contributed by atoms with Gasteiger partial charge in [0.25, 0.3) is 0 Å². The Kier molecular flexibility index (Phi) is 8.43. The summed E-state index contributed by atoms with van der Waals surface area (Å²) in [5.41, 5.74) is 0.150. The number of carbonyl (C=O) groups excluding carboxylic acids is 1. The van der Waals surface area contributed by atoms with Crippen molar-refractivity contribution in [3.63, 3.8) is 0 Å². The van der Waals surface area contributed by atoms with E-state index in [1.54, 1.807) is 13.0 Å². The summed E-state index contributed by atoms with van der Waals surface area (Å²) in [6.45, 7) is 1.56. The van der Waals surface area contributed by atoms with Gasteiger partial charge in [0.15, 0.2) is 0 Å². The fourth-order valence-corrected chi connectivity index (χ4v) is 0.813. The van der Waals surface area contributed by atoms with Crippen LogP contribution in [0.15, 0.2) is 18.2 Å². The number of hydrogen-bond donors (Lipinski definition) is 0. The topological polar surface area (TPSA) is 63.2 Å². The Morgan fingerprint density at radius 1 is 1.31 bits per heavy atom. The smallest absolute Gasteiger partial charge is 0.872 e. The van der Waals surface area contributed by atoms with Crippen molar-refractivity contribution in [2.45, 2.75) is 6.92 Å². The zero-order chi connectivity index (χ0) is 8.43. The SMILES string of the molecule is Cc1cccc(C(=O)[O-])c1[O-].[Na+].[Na+]. The third-order valence-electron chi connectivity index (χ3n) is 1.43. The van der Waals surface area contributed by atoms with E-state index in [1.165, 1.54) is 12.1 Å². The van der Waals surface area contributed by atoms with E-state index in [4.69, 9.17) is 0 Å². The zero-order valence-electron chi connectivity index (χ0n) is 7.96. The Morgan fingerprint density at radius 3 is 2.23 bits per heavy atom. The van der Waals surface area contributed by atoms with Crippen molar-refractivity contribution in [2.24, 2.45) is 0 Å². The number of benzene rings is 1. The van der Waals surface area contributed by atoms with E-state index in [1.807, 2.05) is 0 Å². The van der Waals surface area contributed by atoms with Crippen molar-refractivity contribution in [3.05, 3.63) is 29.3 Å². The Morgan fingerprint density at radius 2 is 1.85 bits per heavy atom. The number of carboxylic acid groups (broad SMARTS) is 1. The van der Waals surface area contributed by atoms with Crippen LogP contribution in [0.1, 0.15) is 15.9 Å². The predicted octanol–water partition coefficient (Wildman–Crippen LogP) is -6.56. The molecule has 0 amide bonds. The van der Waals surface area contributed by atoms with E-state index < -0.39 is 11.7 Å². The molecule has 1 aromatic rings. The minimum Gasteiger partial charge on any atom is -0.872 e. The molecule has 0 saturated heterocycles. The van der Waals surface area contributed by atoms with Crippen LogP contribution < -0.4 is 69.3 Å². The van der Waals surface area contributed by atoms with Crippen LogP contribution in [0.2, 0.25) is 0 Å². The van der Waals surface area contributed by atoms with Crippen molar-refractivity contribution in [1.29, 1.82) is 0 Å². The molecule has 0 aromatic heterocycles. The van der Waals surface area contributed by atoms with E-state index in [9.17, 15) is 15.0 Å². The fraction of sp³-hybridized carbons (Fsp3) is 0.125. The number of aromatic carboxylic acids is 1. The van der Waals surface area contributed by atoms with Crippen LogP contribution in [-0.2, 0) is 0 Å². The van der Waals surface area contributed by atoms with Gasteiger partial charge in [-0.3, -0.25) is 0 Å². The second-order valence-corrected chi connectivity index (χ2v) is 2.24. The van der Waals surface area contributed by atoms with Gasteiger partial charge >= 0.3 is 59.1 Å². The average molecular weight is 196 g/mol. The maximum atomic E-state index is 11.0. The first-order valence-electron chi connectivity index (χ1n) is 3.11. The molecule has 0 unspecified atom stereocenters. The molecule has 0 aliphatic rings. The summed E-state index contributed by atoms with van der Waals surface area (Å²) in [6, 6.07) is 4.32. The molecule has 0 aliphatic heterocycles. The second-order valence-electron chi connectivity index (χ2n) is 2.24. The van der Waals surface area contributed by atoms with Crippen LogP contribution in [0.4, 0.5) is 0 Å². The normalized spacial score (nSPS) is 8.08. The number of para-hydroxylation sites is 1. The molecule has 0 aliphatic carbocycles. The van der Waals surface area contributed by atoms with E-state index in [0.717, 1.165) is 0 Å². The first-order chi connectivity index (χ1) is 5.13. The largest absolute Gasteiger partial charge is 1.00 e. The maximum absolute atomic E-state index is 11.0. The molecule has 3 nitrogen and oxygen atoms in total. The molecule has 13 heavy (non-hydrogen) atoms. The van der Waals surface area contributed by atoms with Gasteiger partial charge in [0.1, 0.15) is 0 Å². The maximum Gasteiger partial charge on any atom is 1.00 e. The molecule has 0 bridgehead atoms. The van der Waals surface area contributed by atoms with Gasteiger partial charge in [-0.1, -0.05) is 29.5 Å². The summed E-state index contributed by atoms with van der Waals surface area (Å²) in [7, 11) is 0. The number of carbonyl (C=O) groups is 1. The molecule has 0 fully saturated rings. The minimum absolute atomic E-state index is 0. The molecular formula is C8H6Na2O3. The van der Waals surface area contributed by atoms with Gasteiger partial charge in [-0.15, -0.1) is 0 Å². The van der Waals surface area contributed by atoms with Gasteiger partial charge in [0.2, 0.25) is 0 Å². The quantitative estimate of drug-likeness (QED) is 0.419. The third kappa shape index (κ3) is 4.02. The Labute approximate surface area is 121 Å². The van der Waals surface area contributed by atoms with Crippen LogP contribution in [-0.4, -0.2) is 5.97 Å². The summed E-state index contributed by atoms with van der Waals surface area (Å²) in [4.78, 5) is 10.3. The Hall–Kier alpha value is 0.490.